The molecule has 2 rings (SSSR count). The molecule has 1 aromatic heterocycles. The van der Waals surface area contributed by atoms with Gasteiger partial charge in [-0.15, -0.1) is 0 Å². The highest BCUT2D eigenvalue weighted by atomic mass is 15.1. The Labute approximate surface area is 123 Å². The van der Waals surface area contributed by atoms with Gasteiger partial charge in [-0.2, -0.15) is 0 Å². The van der Waals surface area contributed by atoms with E-state index >= 15 is 0 Å². The second kappa shape index (κ2) is 7.19. The summed E-state index contributed by atoms with van der Waals surface area (Å²) in [5.74, 6) is 0.834. The molecule has 1 aliphatic carbocycles. The van der Waals surface area contributed by atoms with Crippen LogP contribution in [0.5, 0.6) is 0 Å². The van der Waals surface area contributed by atoms with Gasteiger partial charge < -0.3 is 10.6 Å². The van der Waals surface area contributed by atoms with Gasteiger partial charge >= 0.3 is 0 Å². The van der Waals surface area contributed by atoms with Gasteiger partial charge in [0.05, 0.1) is 0 Å². The minimum absolute atomic E-state index is 0.352. The first-order valence-electron chi connectivity index (χ1n) is 7.91. The molecule has 1 saturated carbocycles. The van der Waals surface area contributed by atoms with Crippen LogP contribution in [0.15, 0.2) is 24.5 Å². The Balaban J connectivity index is 1.84. The van der Waals surface area contributed by atoms with Crippen molar-refractivity contribution in [3.05, 3.63) is 30.1 Å². The van der Waals surface area contributed by atoms with Crippen LogP contribution in [0.4, 0.5) is 0 Å². The topological polar surface area (TPSA) is 42.1 Å². The van der Waals surface area contributed by atoms with E-state index in [9.17, 15) is 0 Å². The molecule has 2 unspecified atom stereocenters. The summed E-state index contributed by atoms with van der Waals surface area (Å²) in [6.45, 7) is 5.44. The molecule has 0 amide bonds. The molecule has 2 N–H and O–H groups in total. The number of nitrogens with zero attached hydrogens (tertiary/aromatic N) is 2. The highest BCUT2D eigenvalue weighted by Gasteiger charge is 2.34. The van der Waals surface area contributed by atoms with Crippen molar-refractivity contribution in [2.24, 2.45) is 17.1 Å². The van der Waals surface area contributed by atoms with E-state index in [2.05, 4.69) is 36.0 Å². The van der Waals surface area contributed by atoms with Crippen LogP contribution in [0.2, 0.25) is 0 Å². The lowest BCUT2D eigenvalue weighted by Crippen LogP contribution is -2.44. The monoisotopic (exact) mass is 275 g/mol. The van der Waals surface area contributed by atoms with Gasteiger partial charge in [-0.3, -0.25) is 4.98 Å². The maximum atomic E-state index is 6.12. The molecule has 1 fully saturated rings. The maximum absolute atomic E-state index is 6.12. The van der Waals surface area contributed by atoms with Crippen LogP contribution in [-0.2, 0) is 6.42 Å². The number of nitrogens with two attached hydrogens (primary N) is 1. The molecule has 2 atom stereocenters. The Morgan fingerprint density at radius 1 is 1.40 bits per heavy atom. The summed E-state index contributed by atoms with van der Waals surface area (Å²) in [5, 5.41) is 0. The van der Waals surface area contributed by atoms with Gasteiger partial charge in [0.15, 0.2) is 0 Å². The third-order valence-corrected chi connectivity index (χ3v) is 4.76. The third kappa shape index (κ3) is 4.29. The van der Waals surface area contributed by atoms with Gasteiger partial charge in [0, 0.05) is 25.5 Å². The van der Waals surface area contributed by atoms with Crippen LogP contribution < -0.4 is 5.73 Å². The lowest BCUT2D eigenvalue weighted by molar-refractivity contribution is 0.102. The van der Waals surface area contributed by atoms with Gasteiger partial charge in [-0.25, -0.2) is 0 Å². The minimum Gasteiger partial charge on any atom is -0.330 e. The summed E-state index contributed by atoms with van der Waals surface area (Å²) in [5.41, 5.74) is 7.84. The van der Waals surface area contributed by atoms with Crippen molar-refractivity contribution in [2.45, 2.75) is 39.0 Å². The van der Waals surface area contributed by atoms with E-state index in [0.29, 0.717) is 5.41 Å². The summed E-state index contributed by atoms with van der Waals surface area (Å²) in [6.07, 6.45) is 10.2. The Morgan fingerprint density at radius 2 is 2.15 bits per heavy atom. The van der Waals surface area contributed by atoms with E-state index in [0.717, 1.165) is 32.0 Å². The Bertz CT molecular complexity index is 392. The van der Waals surface area contributed by atoms with Crippen LogP contribution in [0, 0.1) is 11.3 Å². The molecule has 3 nitrogen and oxygen atoms in total. The third-order valence-electron chi connectivity index (χ3n) is 4.76. The molecular weight excluding hydrogens is 246 g/mol. The fourth-order valence-electron chi connectivity index (χ4n) is 3.68. The minimum atomic E-state index is 0.352. The van der Waals surface area contributed by atoms with Crippen molar-refractivity contribution < 1.29 is 0 Å². The summed E-state index contributed by atoms with van der Waals surface area (Å²) in [6, 6.07) is 4.21. The molecule has 1 heterocycles. The molecule has 0 saturated heterocycles. The zero-order valence-electron chi connectivity index (χ0n) is 13.0. The van der Waals surface area contributed by atoms with Crippen LogP contribution >= 0.6 is 0 Å². The molecule has 3 heteroatoms. The quantitative estimate of drug-likeness (QED) is 0.868. The average molecular weight is 275 g/mol. The number of hydrogen-bond donors (Lipinski definition) is 1. The fourth-order valence-corrected chi connectivity index (χ4v) is 3.68. The van der Waals surface area contributed by atoms with Crippen molar-refractivity contribution in [3.8, 4) is 0 Å². The average Bonchev–Trinajstić information content (AvgIpc) is 2.46. The molecule has 0 aliphatic heterocycles. The first-order chi connectivity index (χ1) is 9.63. The van der Waals surface area contributed by atoms with Crippen molar-refractivity contribution in [1.29, 1.82) is 0 Å². The number of hydrogen-bond acceptors (Lipinski definition) is 3. The van der Waals surface area contributed by atoms with Gasteiger partial charge in [0.2, 0.25) is 0 Å². The molecule has 0 radical (unpaired) electrons. The highest BCUT2D eigenvalue weighted by molar-refractivity contribution is 5.09. The van der Waals surface area contributed by atoms with Crippen molar-refractivity contribution >= 4 is 0 Å². The molecule has 0 spiro atoms. The van der Waals surface area contributed by atoms with Crippen molar-refractivity contribution in [3.63, 3.8) is 0 Å². The summed E-state index contributed by atoms with van der Waals surface area (Å²) in [7, 11) is 2.23. The van der Waals surface area contributed by atoms with E-state index in [4.69, 9.17) is 5.73 Å². The fraction of sp³-hybridized carbons (Fsp3) is 0.706. The lowest BCUT2D eigenvalue weighted by Gasteiger charge is -2.41. The Hall–Kier alpha value is -0.930. The zero-order chi connectivity index (χ0) is 14.4. The van der Waals surface area contributed by atoms with Crippen LogP contribution in [0.3, 0.4) is 0 Å². The smallest absolute Gasteiger partial charge is 0.0270 e. The summed E-state index contributed by atoms with van der Waals surface area (Å²) in [4.78, 5) is 6.53. The summed E-state index contributed by atoms with van der Waals surface area (Å²) >= 11 is 0. The van der Waals surface area contributed by atoms with Gasteiger partial charge in [-0.05, 0) is 61.9 Å². The predicted molar refractivity (Wildman–Crippen MR) is 84.6 cm³/mol. The van der Waals surface area contributed by atoms with E-state index < -0.39 is 0 Å². The molecule has 112 valence electrons. The molecule has 0 bridgehead atoms. The number of aromatic nitrogens is 1. The molecule has 20 heavy (non-hydrogen) atoms. The largest absolute Gasteiger partial charge is 0.330 e. The number of pyridine rings is 1. The number of likely N-dealkylation sites (N-methyl/N-ethyl adjacent to an activating group) is 1. The molecular formula is C17H29N3. The van der Waals surface area contributed by atoms with Gasteiger partial charge in [-0.1, -0.05) is 19.8 Å². The first-order valence-corrected chi connectivity index (χ1v) is 7.91. The first kappa shape index (κ1) is 15.5. The second-order valence-corrected chi connectivity index (χ2v) is 6.75. The van der Waals surface area contributed by atoms with Crippen molar-refractivity contribution in [1.82, 2.24) is 9.88 Å². The van der Waals surface area contributed by atoms with Crippen LogP contribution in [0.1, 0.15) is 38.2 Å². The number of rotatable bonds is 6. The highest BCUT2D eigenvalue weighted by Crippen LogP contribution is 2.39. The van der Waals surface area contributed by atoms with Gasteiger partial charge in [0.1, 0.15) is 0 Å². The summed E-state index contributed by atoms with van der Waals surface area (Å²) < 4.78 is 0. The molecule has 1 aliphatic rings. The normalized spacial score (nSPS) is 26.9. The lowest BCUT2D eigenvalue weighted by atomic mass is 9.70. The zero-order valence-corrected chi connectivity index (χ0v) is 13.0. The predicted octanol–water partition coefficient (Wildman–Crippen LogP) is 2.71. The van der Waals surface area contributed by atoms with E-state index in [1.807, 2.05) is 12.4 Å². The van der Waals surface area contributed by atoms with E-state index in [1.165, 1.54) is 31.2 Å². The van der Waals surface area contributed by atoms with E-state index in [1.54, 1.807) is 0 Å². The Morgan fingerprint density at radius 3 is 2.80 bits per heavy atom. The Kier molecular flexibility index (Phi) is 5.55. The van der Waals surface area contributed by atoms with Crippen LogP contribution in [-0.4, -0.2) is 36.6 Å². The maximum Gasteiger partial charge on any atom is 0.0270 e. The van der Waals surface area contributed by atoms with Gasteiger partial charge in [0.25, 0.3) is 0 Å². The van der Waals surface area contributed by atoms with Crippen molar-refractivity contribution in [2.75, 3.05) is 26.7 Å². The standard InChI is InChI=1S/C17H29N3/c1-15-4-3-8-17(12-15,13-18)14-20(2)11-7-16-5-9-19-10-6-16/h5-6,9-10,15H,3-4,7-8,11-14,18H2,1-2H3. The molecule has 1 aromatic rings. The SMILES string of the molecule is CC1CCCC(CN)(CN(C)CCc2ccncc2)C1. The molecule has 0 aromatic carbocycles. The second-order valence-electron chi connectivity index (χ2n) is 6.75. The van der Waals surface area contributed by atoms with E-state index in [-0.39, 0.29) is 0 Å². The van der Waals surface area contributed by atoms with Crippen LogP contribution in [0.25, 0.3) is 0 Å².